The molecule has 0 amide bonds. The zero-order chi connectivity index (χ0) is 17.2. The van der Waals surface area contributed by atoms with Gasteiger partial charge in [-0.3, -0.25) is 4.90 Å². The number of thiophene rings is 1. The van der Waals surface area contributed by atoms with Crippen LogP contribution in [0.15, 0.2) is 36.5 Å². The maximum atomic E-state index is 9.14. The van der Waals surface area contributed by atoms with Gasteiger partial charge in [-0.15, -0.1) is 11.3 Å². The summed E-state index contributed by atoms with van der Waals surface area (Å²) in [5.74, 6) is 0. The normalized spacial score (nSPS) is 15.4. The van der Waals surface area contributed by atoms with E-state index in [1.807, 2.05) is 6.07 Å². The number of aromatic nitrogens is 1. The van der Waals surface area contributed by atoms with E-state index in [1.165, 1.54) is 11.1 Å². The van der Waals surface area contributed by atoms with Gasteiger partial charge in [-0.25, -0.2) is 4.98 Å². The number of halogens is 1. The molecule has 3 heterocycles. The van der Waals surface area contributed by atoms with E-state index in [-0.39, 0.29) is 0 Å². The first-order valence-electron chi connectivity index (χ1n) is 8.13. The molecule has 0 spiro atoms. The number of rotatable bonds is 3. The van der Waals surface area contributed by atoms with Crippen molar-refractivity contribution in [2.45, 2.75) is 6.54 Å². The second-order valence-electron chi connectivity index (χ2n) is 5.97. The van der Waals surface area contributed by atoms with E-state index in [2.05, 4.69) is 40.2 Å². The van der Waals surface area contributed by atoms with Crippen molar-refractivity contribution in [3.8, 4) is 16.5 Å². The van der Waals surface area contributed by atoms with E-state index < -0.39 is 0 Å². The molecule has 25 heavy (non-hydrogen) atoms. The highest BCUT2D eigenvalue weighted by atomic mass is 35.5. The first-order chi connectivity index (χ1) is 12.3. The smallest absolute Gasteiger partial charge is 0.125 e. The number of morpholine rings is 1. The minimum Gasteiger partial charge on any atom is -0.379 e. The molecule has 0 atom stereocenters. The summed E-state index contributed by atoms with van der Waals surface area (Å²) in [6, 6.07) is 12.6. The first-order valence-corrected chi connectivity index (χ1v) is 9.32. The number of benzene rings is 1. The maximum Gasteiger partial charge on any atom is 0.125 e. The summed E-state index contributed by atoms with van der Waals surface area (Å²) in [4.78, 5) is 8.79. The van der Waals surface area contributed by atoms with Crippen LogP contribution in [0.3, 0.4) is 0 Å². The summed E-state index contributed by atoms with van der Waals surface area (Å²) in [6.45, 7) is 4.40. The topological polar surface area (TPSA) is 49.2 Å². The molecule has 0 unspecified atom stereocenters. The maximum absolute atomic E-state index is 9.14. The van der Waals surface area contributed by atoms with Gasteiger partial charge in [0.15, 0.2) is 0 Å². The second-order valence-corrected chi connectivity index (χ2v) is 7.38. The van der Waals surface area contributed by atoms with Gasteiger partial charge in [0, 0.05) is 36.1 Å². The molecule has 1 aliphatic heterocycles. The predicted molar refractivity (Wildman–Crippen MR) is 101 cm³/mol. The number of fused-ring (bicyclic) bond motifs is 1. The Labute approximate surface area is 155 Å². The van der Waals surface area contributed by atoms with E-state index in [1.54, 1.807) is 17.5 Å². The lowest BCUT2D eigenvalue weighted by Gasteiger charge is -2.27. The van der Waals surface area contributed by atoms with E-state index in [9.17, 15) is 0 Å². The first kappa shape index (κ1) is 16.5. The Hall–Kier alpha value is -1.97. The van der Waals surface area contributed by atoms with Gasteiger partial charge in [0.05, 0.1) is 23.8 Å². The fraction of sp³-hybridized carbons (Fsp3) is 0.263. The molecule has 3 aromatic rings. The van der Waals surface area contributed by atoms with Crippen LogP contribution in [0.4, 0.5) is 0 Å². The van der Waals surface area contributed by atoms with E-state index in [0.717, 1.165) is 47.9 Å². The summed E-state index contributed by atoms with van der Waals surface area (Å²) in [7, 11) is 0. The van der Waals surface area contributed by atoms with Gasteiger partial charge in [0.2, 0.25) is 0 Å². The zero-order valence-corrected chi connectivity index (χ0v) is 15.1. The summed E-state index contributed by atoms with van der Waals surface area (Å²) in [5, 5.41) is 10.5. The van der Waals surface area contributed by atoms with Crippen LogP contribution < -0.4 is 0 Å². The largest absolute Gasteiger partial charge is 0.379 e. The highest BCUT2D eigenvalue weighted by molar-refractivity contribution is 7.22. The molecule has 1 saturated heterocycles. The van der Waals surface area contributed by atoms with Crippen molar-refractivity contribution in [2.75, 3.05) is 26.3 Å². The van der Waals surface area contributed by atoms with Crippen LogP contribution in [-0.2, 0) is 11.3 Å². The van der Waals surface area contributed by atoms with E-state index in [0.29, 0.717) is 10.6 Å². The number of nitrogens with zero attached hydrogens (tertiary/aromatic N) is 3. The fourth-order valence-corrected chi connectivity index (χ4v) is 4.43. The van der Waals surface area contributed by atoms with Crippen molar-refractivity contribution in [2.24, 2.45) is 0 Å². The Morgan fingerprint density at radius 1 is 1.28 bits per heavy atom. The second kappa shape index (κ2) is 7.11. The Morgan fingerprint density at radius 3 is 2.88 bits per heavy atom. The van der Waals surface area contributed by atoms with E-state index in [4.69, 9.17) is 21.6 Å². The minimum absolute atomic E-state index is 0.417. The molecular weight excluding hydrogens is 354 g/mol. The summed E-state index contributed by atoms with van der Waals surface area (Å²) < 4.78 is 5.44. The lowest BCUT2D eigenvalue weighted by atomic mass is 10.0. The molecule has 0 radical (unpaired) electrons. The van der Waals surface area contributed by atoms with Gasteiger partial charge < -0.3 is 4.74 Å². The van der Waals surface area contributed by atoms with Crippen LogP contribution in [0.25, 0.3) is 20.7 Å². The molecule has 4 rings (SSSR count). The van der Waals surface area contributed by atoms with Crippen LogP contribution >= 0.6 is 22.9 Å². The van der Waals surface area contributed by atoms with Crippen LogP contribution in [-0.4, -0.2) is 36.2 Å². The van der Waals surface area contributed by atoms with Crippen molar-refractivity contribution in [3.05, 3.63) is 52.7 Å². The summed E-state index contributed by atoms with van der Waals surface area (Å²) in [6.07, 6.45) is 1.55. The molecule has 0 bridgehead atoms. The quantitative estimate of drug-likeness (QED) is 0.689. The van der Waals surface area contributed by atoms with Gasteiger partial charge in [-0.2, -0.15) is 5.26 Å². The fourth-order valence-electron chi connectivity index (χ4n) is 3.07. The van der Waals surface area contributed by atoms with Crippen molar-refractivity contribution in [3.63, 3.8) is 0 Å². The molecule has 6 heteroatoms. The lowest BCUT2D eigenvalue weighted by molar-refractivity contribution is 0.0342. The Balaban J connectivity index is 1.73. The Bertz CT molecular complexity index is 957. The number of hydrogen-bond donors (Lipinski definition) is 0. The summed E-state index contributed by atoms with van der Waals surface area (Å²) >= 11 is 7.97. The molecule has 4 nitrogen and oxygen atoms in total. The van der Waals surface area contributed by atoms with Gasteiger partial charge in [0.25, 0.3) is 0 Å². The third kappa shape index (κ3) is 3.26. The molecular formula is C19H16ClN3OS. The Kier molecular flexibility index (Phi) is 4.69. The average Bonchev–Trinajstić information content (AvgIpc) is 3.08. The number of pyridine rings is 1. The third-order valence-electron chi connectivity index (χ3n) is 4.40. The third-order valence-corrected chi connectivity index (χ3v) is 5.88. The monoisotopic (exact) mass is 369 g/mol. The highest BCUT2D eigenvalue weighted by Crippen LogP contribution is 2.38. The standard InChI is InChI=1S/C19H16ClN3OS/c20-18-14(10-21)11-22-19-16(18)9-17(25-19)15-4-2-1-3-13(15)12-23-5-7-24-8-6-23/h1-4,9,11H,5-8,12H2. The van der Waals surface area contributed by atoms with Crippen molar-refractivity contribution < 1.29 is 4.74 Å². The van der Waals surface area contributed by atoms with Crippen molar-refractivity contribution in [1.29, 1.82) is 5.26 Å². The van der Waals surface area contributed by atoms with E-state index >= 15 is 0 Å². The van der Waals surface area contributed by atoms with Crippen molar-refractivity contribution >= 4 is 33.2 Å². The minimum atomic E-state index is 0.417. The van der Waals surface area contributed by atoms with Crippen LogP contribution in [0.2, 0.25) is 5.02 Å². The number of hydrogen-bond acceptors (Lipinski definition) is 5. The van der Waals surface area contributed by atoms with Crippen LogP contribution in [0.5, 0.6) is 0 Å². The molecule has 2 aromatic heterocycles. The van der Waals surface area contributed by atoms with Gasteiger partial charge in [-0.1, -0.05) is 35.9 Å². The summed E-state index contributed by atoms with van der Waals surface area (Å²) in [5.41, 5.74) is 2.90. The molecule has 0 aliphatic carbocycles. The zero-order valence-electron chi connectivity index (χ0n) is 13.5. The van der Waals surface area contributed by atoms with Crippen LogP contribution in [0, 0.1) is 11.3 Å². The average molecular weight is 370 g/mol. The number of ether oxygens (including phenoxy) is 1. The molecule has 1 fully saturated rings. The van der Waals surface area contributed by atoms with Gasteiger partial charge in [0.1, 0.15) is 10.9 Å². The van der Waals surface area contributed by atoms with Gasteiger partial charge >= 0.3 is 0 Å². The molecule has 0 N–H and O–H groups in total. The van der Waals surface area contributed by atoms with Gasteiger partial charge in [-0.05, 0) is 17.2 Å². The predicted octanol–water partition coefficient (Wildman–Crippen LogP) is 4.32. The van der Waals surface area contributed by atoms with Crippen LogP contribution in [0.1, 0.15) is 11.1 Å². The lowest BCUT2D eigenvalue weighted by Crippen LogP contribution is -2.35. The Morgan fingerprint density at radius 2 is 2.08 bits per heavy atom. The molecule has 1 aromatic carbocycles. The highest BCUT2D eigenvalue weighted by Gasteiger charge is 2.16. The molecule has 1 aliphatic rings. The SMILES string of the molecule is N#Cc1cnc2sc(-c3ccccc3CN3CCOCC3)cc2c1Cl. The molecule has 0 saturated carbocycles. The number of nitriles is 1. The molecule has 126 valence electrons. The van der Waals surface area contributed by atoms with Crippen molar-refractivity contribution in [1.82, 2.24) is 9.88 Å².